The highest BCUT2D eigenvalue weighted by Crippen LogP contribution is 2.30. The van der Waals surface area contributed by atoms with E-state index in [2.05, 4.69) is 21.2 Å². The zero-order chi connectivity index (χ0) is 30.5. The van der Waals surface area contributed by atoms with E-state index in [1.807, 2.05) is 27.7 Å². The molecule has 0 spiro atoms. The molecule has 0 fully saturated rings. The van der Waals surface area contributed by atoms with Gasteiger partial charge in [0.15, 0.2) is 0 Å². The Morgan fingerprint density at radius 1 is 0.976 bits per heavy atom. The molecule has 3 aromatic rings. The fraction of sp³-hybridized carbons (Fsp3) is 0.333. The van der Waals surface area contributed by atoms with Crippen molar-refractivity contribution in [2.75, 3.05) is 10.8 Å². The summed E-state index contributed by atoms with van der Waals surface area (Å²) in [5, 5.41) is 3.60. The van der Waals surface area contributed by atoms with Gasteiger partial charge in [0, 0.05) is 32.2 Å². The Bertz CT molecular complexity index is 1490. The molecule has 0 saturated heterocycles. The highest BCUT2D eigenvalue weighted by Gasteiger charge is 2.35. The number of benzene rings is 3. The number of halogens is 3. The number of hydrogen-bond acceptors (Lipinski definition) is 4. The standard InChI is InChI=1S/C30H34BrCl2N3O4S/c1-6-27(29(38)34-30(3,4)5)35(18-24-25(32)11-8-12-26(24)33)28(37)19-36(22-10-7-9-21(31)17-22)41(39,40)23-15-13-20(2)14-16-23/h7-17,27H,6,18-19H2,1-5H3,(H,34,38)/t27-/m0/s1. The van der Waals surface area contributed by atoms with Crippen LogP contribution in [0.25, 0.3) is 0 Å². The first-order valence-electron chi connectivity index (χ1n) is 13.0. The topological polar surface area (TPSA) is 86.8 Å². The van der Waals surface area contributed by atoms with E-state index < -0.39 is 34.1 Å². The summed E-state index contributed by atoms with van der Waals surface area (Å²) < 4.78 is 29.6. The Hall–Kier alpha value is -2.59. The van der Waals surface area contributed by atoms with E-state index in [0.29, 0.717) is 20.1 Å². The van der Waals surface area contributed by atoms with Gasteiger partial charge in [-0.25, -0.2) is 8.42 Å². The second-order valence-electron chi connectivity index (χ2n) is 10.7. The Morgan fingerprint density at radius 2 is 1.56 bits per heavy atom. The van der Waals surface area contributed by atoms with Crippen LogP contribution in [0, 0.1) is 6.92 Å². The van der Waals surface area contributed by atoms with Crippen molar-refractivity contribution in [2.24, 2.45) is 0 Å². The first kappa shape index (κ1) is 32.9. The average molecular weight is 683 g/mol. The molecule has 220 valence electrons. The van der Waals surface area contributed by atoms with Gasteiger partial charge < -0.3 is 10.2 Å². The molecule has 0 heterocycles. The first-order chi connectivity index (χ1) is 19.1. The minimum absolute atomic E-state index is 0.0362. The van der Waals surface area contributed by atoms with Gasteiger partial charge in [-0.3, -0.25) is 13.9 Å². The number of aryl methyl sites for hydroxylation is 1. The molecule has 0 saturated carbocycles. The molecule has 0 aliphatic heterocycles. The number of amides is 2. The summed E-state index contributed by atoms with van der Waals surface area (Å²) in [6.45, 7) is 8.53. The van der Waals surface area contributed by atoms with Crippen molar-refractivity contribution in [2.45, 2.75) is 64.1 Å². The number of nitrogens with zero attached hydrogens (tertiary/aromatic N) is 2. The molecule has 1 atom stereocenters. The SMILES string of the molecule is CC[C@@H](C(=O)NC(C)(C)C)N(Cc1c(Cl)cccc1Cl)C(=O)CN(c1cccc(Br)c1)S(=O)(=O)c1ccc(C)cc1. The third-order valence-electron chi connectivity index (χ3n) is 6.26. The van der Waals surface area contributed by atoms with Crippen LogP contribution in [-0.4, -0.2) is 43.3 Å². The largest absolute Gasteiger partial charge is 0.350 e. The van der Waals surface area contributed by atoms with Gasteiger partial charge in [-0.05, 0) is 76.6 Å². The molecular formula is C30H34BrCl2N3O4S. The van der Waals surface area contributed by atoms with Crippen LogP contribution < -0.4 is 9.62 Å². The molecule has 0 aromatic heterocycles. The molecular weight excluding hydrogens is 649 g/mol. The monoisotopic (exact) mass is 681 g/mol. The van der Waals surface area contributed by atoms with Crippen molar-refractivity contribution in [1.29, 1.82) is 0 Å². The molecule has 0 radical (unpaired) electrons. The van der Waals surface area contributed by atoms with Crippen LogP contribution in [0.3, 0.4) is 0 Å². The zero-order valence-electron chi connectivity index (χ0n) is 23.6. The number of sulfonamides is 1. The van der Waals surface area contributed by atoms with E-state index in [1.54, 1.807) is 61.5 Å². The third kappa shape index (κ3) is 8.47. The summed E-state index contributed by atoms with van der Waals surface area (Å²) in [7, 11) is -4.17. The second-order valence-corrected chi connectivity index (χ2v) is 14.3. The number of carbonyl (C=O) groups excluding carboxylic acids is 2. The summed E-state index contributed by atoms with van der Waals surface area (Å²) in [5.41, 5.74) is 1.09. The minimum Gasteiger partial charge on any atom is -0.350 e. The molecule has 11 heteroatoms. The Balaban J connectivity index is 2.12. The lowest BCUT2D eigenvalue weighted by molar-refractivity contribution is -0.141. The molecule has 1 N–H and O–H groups in total. The maximum Gasteiger partial charge on any atom is 0.264 e. The van der Waals surface area contributed by atoms with Gasteiger partial charge in [0.1, 0.15) is 12.6 Å². The van der Waals surface area contributed by atoms with Crippen LogP contribution in [0.4, 0.5) is 5.69 Å². The van der Waals surface area contributed by atoms with Crippen molar-refractivity contribution >= 4 is 66.7 Å². The van der Waals surface area contributed by atoms with Crippen molar-refractivity contribution in [3.63, 3.8) is 0 Å². The lowest BCUT2D eigenvalue weighted by atomic mass is 10.1. The highest BCUT2D eigenvalue weighted by molar-refractivity contribution is 9.10. The van der Waals surface area contributed by atoms with E-state index >= 15 is 0 Å². The molecule has 0 bridgehead atoms. The van der Waals surface area contributed by atoms with Crippen LogP contribution in [0.5, 0.6) is 0 Å². The minimum atomic E-state index is -4.17. The van der Waals surface area contributed by atoms with Gasteiger partial charge in [-0.15, -0.1) is 0 Å². The lowest BCUT2D eigenvalue weighted by Gasteiger charge is -2.35. The zero-order valence-corrected chi connectivity index (χ0v) is 27.5. The molecule has 0 aliphatic rings. The Labute approximate surface area is 261 Å². The maximum atomic E-state index is 14.2. The molecule has 41 heavy (non-hydrogen) atoms. The third-order valence-corrected chi connectivity index (χ3v) is 9.25. The number of hydrogen-bond donors (Lipinski definition) is 1. The molecule has 0 aliphatic carbocycles. The predicted octanol–water partition coefficient (Wildman–Crippen LogP) is 6.98. The number of nitrogens with one attached hydrogen (secondary N) is 1. The molecule has 3 aromatic carbocycles. The van der Waals surface area contributed by atoms with E-state index in [1.165, 1.54) is 17.0 Å². The van der Waals surface area contributed by atoms with Crippen molar-refractivity contribution in [3.05, 3.63) is 92.4 Å². The predicted molar refractivity (Wildman–Crippen MR) is 169 cm³/mol. The van der Waals surface area contributed by atoms with E-state index in [0.717, 1.165) is 9.87 Å². The Kier molecular flexibility index (Phi) is 10.9. The molecule has 7 nitrogen and oxygen atoms in total. The van der Waals surface area contributed by atoms with Crippen LogP contribution >= 0.6 is 39.1 Å². The van der Waals surface area contributed by atoms with Crippen LogP contribution in [0.2, 0.25) is 10.0 Å². The summed E-state index contributed by atoms with van der Waals surface area (Å²) in [6.07, 6.45) is 0.275. The number of carbonyl (C=O) groups is 2. The van der Waals surface area contributed by atoms with Gasteiger partial charge in [0.05, 0.1) is 10.6 Å². The summed E-state index contributed by atoms with van der Waals surface area (Å²) in [5.74, 6) is -0.959. The maximum absolute atomic E-state index is 14.2. The number of anilines is 1. The van der Waals surface area contributed by atoms with E-state index in [4.69, 9.17) is 23.2 Å². The molecule has 3 rings (SSSR count). The summed E-state index contributed by atoms with van der Waals surface area (Å²) in [6, 6.07) is 17.2. The highest BCUT2D eigenvalue weighted by atomic mass is 79.9. The summed E-state index contributed by atoms with van der Waals surface area (Å²) in [4.78, 5) is 29.0. The van der Waals surface area contributed by atoms with E-state index in [-0.39, 0.29) is 29.5 Å². The van der Waals surface area contributed by atoms with E-state index in [9.17, 15) is 18.0 Å². The molecule has 0 unspecified atom stereocenters. The fourth-order valence-corrected chi connectivity index (χ4v) is 6.53. The first-order valence-corrected chi connectivity index (χ1v) is 16.0. The van der Waals surface area contributed by atoms with Gasteiger partial charge in [0.2, 0.25) is 11.8 Å². The summed E-state index contributed by atoms with van der Waals surface area (Å²) >= 11 is 16.3. The van der Waals surface area contributed by atoms with Gasteiger partial charge in [-0.2, -0.15) is 0 Å². The second kappa shape index (κ2) is 13.6. The van der Waals surface area contributed by atoms with Gasteiger partial charge in [0.25, 0.3) is 10.0 Å². The van der Waals surface area contributed by atoms with Crippen LogP contribution in [0.1, 0.15) is 45.2 Å². The normalized spacial score (nSPS) is 12.5. The Morgan fingerprint density at radius 3 is 2.10 bits per heavy atom. The molecule has 2 amide bonds. The fourth-order valence-electron chi connectivity index (χ4n) is 4.22. The average Bonchev–Trinajstić information content (AvgIpc) is 2.87. The van der Waals surface area contributed by atoms with Crippen LogP contribution in [-0.2, 0) is 26.2 Å². The number of rotatable bonds is 10. The van der Waals surface area contributed by atoms with Crippen molar-refractivity contribution < 1.29 is 18.0 Å². The van der Waals surface area contributed by atoms with Gasteiger partial charge in [-0.1, -0.05) is 75.9 Å². The van der Waals surface area contributed by atoms with Crippen molar-refractivity contribution in [3.8, 4) is 0 Å². The lowest BCUT2D eigenvalue weighted by Crippen LogP contribution is -2.55. The van der Waals surface area contributed by atoms with Crippen LogP contribution in [0.15, 0.2) is 76.1 Å². The van der Waals surface area contributed by atoms with Gasteiger partial charge >= 0.3 is 0 Å². The smallest absolute Gasteiger partial charge is 0.264 e. The quantitative estimate of drug-likeness (QED) is 0.250. The van der Waals surface area contributed by atoms with Crippen molar-refractivity contribution in [1.82, 2.24) is 10.2 Å².